The summed E-state index contributed by atoms with van der Waals surface area (Å²) < 4.78 is 11.6. The predicted octanol–water partition coefficient (Wildman–Crippen LogP) is 2.46. The molecular formula is C22H32N2O5. The number of carbonyl (C=O) groups excluding carboxylic acids is 2. The van der Waals surface area contributed by atoms with Crippen LogP contribution >= 0.6 is 0 Å². The second-order valence-corrected chi connectivity index (χ2v) is 7.85. The summed E-state index contributed by atoms with van der Waals surface area (Å²) in [6.45, 7) is 3.69. The van der Waals surface area contributed by atoms with Crippen molar-refractivity contribution in [3.63, 3.8) is 0 Å². The van der Waals surface area contributed by atoms with E-state index in [1.54, 1.807) is 32.2 Å². The molecule has 29 heavy (non-hydrogen) atoms. The van der Waals surface area contributed by atoms with Crippen LogP contribution in [0.2, 0.25) is 0 Å². The van der Waals surface area contributed by atoms with Gasteiger partial charge in [-0.1, -0.05) is 0 Å². The average Bonchev–Trinajstić information content (AvgIpc) is 2.74. The summed E-state index contributed by atoms with van der Waals surface area (Å²) in [5.74, 6) is 1.19. The molecular weight excluding hydrogens is 372 g/mol. The Kier molecular flexibility index (Phi) is 7.36. The number of hydrogen-bond donors (Lipinski definition) is 1. The molecule has 2 fully saturated rings. The molecule has 2 aliphatic rings. The van der Waals surface area contributed by atoms with Crippen LogP contribution < -0.4 is 9.47 Å². The lowest BCUT2D eigenvalue weighted by Crippen LogP contribution is -2.44. The Bertz CT molecular complexity index is 713. The largest absolute Gasteiger partial charge is 0.497 e. The molecule has 0 bridgehead atoms. The van der Waals surface area contributed by atoms with Crippen molar-refractivity contribution in [3.05, 3.63) is 23.8 Å². The third kappa shape index (κ3) is 5.21. The molecule has 7 nitrogen and oxygen atoms in total. The molecule has 1 atom stereocenters. The Morgan fingerprint density at radius 2 is 1.90 bits per heavy atom. The molecule has 2 saturated heterocycles. The fraction of sp³-hybridized carbons (Fsp3) is 0.636. The summed E-state index contributed by atoms with van der Waals surface area (Å²) in [5, 5.41) is 9.39. The van der Waals surface area contributed by atoms with Gasteiger partial charge < -0.3 is 24.4 Å². The molecule has 2 amide bonds. The highest BCUT2D eigenvalue weighted by molar-refractivity contribution is 5.97. The Morgan fingerprint density at radius 1 is 1.14 bits per heavy atom. The molecule has 0 unspecified atom stereocenters. The SMILES string of the molecule is COc1ccc(OC2CCN(C(C)=O)CC2)c(C(=O)N2CCCC[C@H]2CCO)c1. The van der Waals surface area contributed by atoms with E-state index in [-0.39, 0.29) is 30.6 Å². The molecule has 2 heterocycles. The van der Waals surface area contributed by atoms with E-state index in [0.717, 1.165) is 32.1 Å². The van der Waals surface area contributed by atoms with E-state index < -0.39 is 0 Å². The van der Waals surface area contributed by atoms with Crippen molar-refractivity contribution in [2.45, 2.75) is 57.6 Å². The van der Waals surface area contributed by atoms with Crippen LogP contribution in [0.25, 0.3) is 0 Å². The minimum absolute atomic E-state index is 0.0276. The fourth-order valence-electron chi connectivity index (χ4n) is 4.25. The average molecular weight is 405 g/mol. The smallest absolute Gasteiger partial charge is 0.258 e. The van der Waals surface area contributed by atoms with Gasteiger partial charge in [0, 0.05) is 52.0 Å². The molecule has 2 aliphatic heterocycles. The van der Waals surface area contributed by atoms with Gasteiger partial charge in [-0.15, -0.1) is 0 Å². The van der Waals surface area contributed by atoms with Gasteiger partial charge in [-0.3, -0.25) is 9.59 Å². The normalized spacial score (nSPS) is 20.4. The first-order valence-corrected chi connectivity index (χ1v) is 10.6. The van der Waals surface area contributed by atoms with Crippen LogP contribution in [-0.4, -0.2) is 72.2 Å². The molecule has 1 N–H and O–H groups in total. The van der Waals surface area contributed by atoms with Crippen LogP contribution in [0.1, 0.15) is 55.8 Å². The summed E-state index contributed by atoms with van der Waals surface area (Å²) >= 11 is 0. The van der Waals surface area contributed by atoms with E-state index in [2.05, 4.69) is 0 Å². The van der Waals surface area contributed by atoms with Crippen molar-refractivity contribution in [2.75, 3.05) is 33.4 Å². The fourth-order valence-corrected chi connectivity index (χ4v) is 4.25. The molecule has 0 spiro atoms. The molecule has 0 radical (unpaired) electrons. The van der Waals surface area contributed by atoms with Crippen molar-refractivity contribution in [1.82, 2.24) is 9.80 Å². The lowest BCUT2D eigenvalue weighted by molar-refractivity contribution is -0.130. The zero-order valence-corrected chi connectivity index (χ0v) is 17.4. The van der Waals surface area contributed by atoms with Crippen LogP contribution in [0.4, 0.5) is 0 Å². The van der Waals surface area contributed by atoms with Crippen molar-refractivity contribution < 1.29 is 24.2 Å². The Hall–Kier alpha value is -2.28. The Labute approximate surface area is 172 Å². The zero-order valence-electron chi connectivity index (χ0n) is 17.4. The van der Waals surface area contributed by atoms with Gasteiger partial charge >= 0.3 is 0 Å². The van der Waals surface area contributed by atoms with Gasteiger partial charge in [-0.05, 0) is 43.9 Å². The summed E-state index contributed by atoms with van der Waals surface area (Å²) in [7, 11) is 1.58. The summed E-state index contributed by atoms with van der Waals surface area (Å²) in [4.78, 5) is 28.7. The molecule has 3 rings (SSSR count). The van der Waals surface area contributed by atoms with Gasteiger partial charge in [0.2, 0.25) is 5.91 Å². The van der Waals surface area contributed by atoms with Gasteiger partial charge in [0.05, 0.1) is 12.7 Å². The highest BCUT2D eigenvalue weighted by Gasteiger charge is 2.30. The number of nitrogens with zero attached hydrogens (tertiary/aromatic N) is 2. The lowest BCUT2D eigenvalue weighted by atomic mass is 9.98. The third-order valence-electron chi connectivity index (χ3n) is 5.95. The van der Waals surface area contributed by atoms with Crippen LogP contribution in [0, 0.1) is 0 Å². The summed E-state index contributed by atoms with van der Waals surface area (Å²) in [6.07, 6.45) is 5.01. The van der Waals surface area contributed by atoms with Crippen molar-refractivity contribution in [2.24, 2.45) is 0 Å². The maximum atomic E-state index is 13.4. The minimum Gasteiger partial charge on any atom is -0.497 e. The number of carbonyl (C=O) groups is 2. The second kappa shape index (κ2) is 9.96. The quantitative estimate of drug-likeness (QED) is 0.788. The number of likely N-dealkylation sites (tertiary alicyclic amines) is 2. The number of ether oxygens (including phenoxy) is 2. The van der Waals surface area contributed by atoms with Crippen LogP contribution in [0.15, 0.2) is 18.2 Å². The zero-order chi connectivity index (χ0) is 20.8. The van der Waals surface area contributed by atoms with E-state index in [4.69, 9.17) is 9.47 Å². The molecule has 160 valence electrons. The van der Waals surface area contributed by atoms with E-state index in [1.807, 2.05) is 9.80 Å². The lowest BCUT2D eigenvalue weighted by Gasteiger charge is -2.36. The summed E-state index contributed by atoms with van der Waals surface area (Å²) in [6, 6.07) is 5.40. The molecule has 1 aromatic carbocycles. The van der Waals surface area contributed by atoms with Crippen LogP contribution in [0.3, 0.4) is 0 Å². The number of methoxy groups -OCH3 is 1. The number of rotatable bonds is 6. The maximum absolute atomic E-state index is 13.4. The number of benzene rings is 1. The minimum atomic E-state index is -0.0711. The van der Waals surface area contributed by atoms with Gasteiger partial charge in [0.1, 0.15) is 17.6 Å². The van der Waals surface area contributed by atoms with Gasteiger partial charge in [-0.25, -0.2) is 0 Å². The predicted molar refractivity (Wildman–Crippen MR) is 109 cm³/mol. The highest BCUT2D eigenvalue weighted by atomic mass is 16.5. The maximum Gasteiger partial charge on any atom is 0.258 e. The van der Waals surface area contributed by atoms with Crippen molar-refractivity contribution >= 4 is 11.8 Å². The van der Waals surface area contributed by atoms with E-state index in [0.29, 0.717) is 43.1 Å². The van der Waals surface area contributed by atoms with E-state index >= 15 is 0 Å². The van der Waals surface area contributed by atoms with Gasteiger partial charge in [0.15, 0.2) is 0 Å². The molecule has 0 saturated carbocycles. The number of aliphatic hydroxyl groups excluding tert-OH is 1. The first-order valence-electron chi connectivity index (χ1n) is 10.6. The summed E-state index contributed by atoms with van der Waals surface area (Å²) in [5.41, 5.74) is 0.503. The van der Waals surface area contributed by atoms with Crippen molar-refractivity contribution in [3.8, 4) is 11.5 Å². The van der Waals surface area contributed by atoms with E-state index in [9.17, 15) is 14.7 Å². The first-order chi connectivity index (χ1) is 14.0. The second-order valence-electron chi connectivity index (χ2n) is 7.85. The van der Waals surface area contributed by atoms with E-state index in [1.165, 1.54) is 0 Å². The highest BCUT2D eigenvalue weighted by Crippen LogP contribution is 2.31. The number of piperidine rings is 2. The first kappa shape index (κ1) is 21.4. The molecule has 0 aliphatic carbocycles. The molecule has 1 aromatic rings. The van der Waals surface area contributed by atoms with Crippen LogP contribution in [-0.2, 0) is 4.79 Å². The van der Waals surface area contributed by atoms with Crippen LogP contribution in [0.5, 0.6) is 11.5 Å². The third-order valence-corrected chi connectivity index (χ3v) is 5.95. The molecule has 0 aromatic heterocycles. The van der Waals surface area contributed by atoms with Gasteiger partial charge in [0.25, 0.3) is 5.91 Å². The number of hydrogen-bond acceptors (Lipinski definition) is 5. The Morgan fingerprint density at radius 3 is 2.55 bits per heavy atom. The number of amides is 2. The Balaban J connectivity index is 1.78. The molecule has 7 heteroatoms. The number of aliphatic hydroxyl groups is 1. The van der Waals surface area contributed by atoms with Gasteiger partial charge in [-0.2, -0.15) is 0 Å². The van der Waals surface area contributed by atoms with Crippen molar-refractivity contribution in [1.29, 1.82) is 0 Å². The monoisotopic (exact) mass is 404 g/mol. The standard InChI is InChI=1S/C22H32N2O5/c1-16(26)23-12-8-18(9-13-23)29-21-7-6-19(28-2)15-20(21)22(27)24-11-4-3-5-17(24)10-14-25/h6-7,15,17-18,25H,3-5,8-14H2,1-2H3/t17-/m0/s1. The topological polar surface area (TPSA) is 79.3 Å².